The fourth-order valence-electron chi connectivity index (χ4n) is 3.47. The van der Waals surface area contributed by atoms with Crippen LogP contribution in [0.4, 0.5) is 10.6 Å². The lowest BCUT2D eigenvalue weighted by molar-refractivity contribution is 0.142. The van der Waals surface area contributed by atoms with Crippen LogP contribution in [-0.4, -0.2) is 37.4 Å². The van der Waals surface area contributed by atoms with Crippen molar-refractivity contribution in [3.63, 3.8) is 0 Å². The highest BCUT2D eigenvalue weighted by Crippen LogP contribution is 2.32. The van der Waals surface area contributed by atoms with Crippen molar-refractivity contribution in [2.45, 2.75) is 32.2 Å². The summed E-state index contributed by atoms with van der Waals surface area (Å²) < 4.78 is 7.01. The lowest BCUT2D eigenvalue weighted by atomic mass is 10.0. The predicted molar refractivity (Wildman–Crippen MR) is 100.0 cm³/mol. The van der Waals surface area contributed by atoms with Gasteiger partial charge in [-0.1, -0.05) is 35.5 Å². The molecule has 1 aliphatic rings. The fourth-order valence-corrected chi connectivity index (χ4v) is 3.47. The number of urea groups is 1. The van der Waals surface area contributed by atoms with Crippen LogP contribution in [0.25, 0.3) is 11.1 Å². The standard InChI is InChI=1S/C19H22N6O2/c1-13-21-18(27-23-13)16-10-6-7-11-25(16)19(26)22-17-15(12-20-24(17)2)14-8-4-3-5-9-14/h3-5,8-9,12,16H,6-7,10-11H2,1-2H3,(H,22,26)/t16-/m1/s1. The van der Waals surface area contributed by atoms with Crippen molar-refractivity contribution in [2.24, 2.45) is 7.05 Å². The highest BCUT2D eigenvalue weighted by atomic mass is 16.5. The maximum absolute atomic E-state index is 13.1. The number of carbonyl (C=O) groups excluding carboxylic acids is 1. The number of carbonyl (C=O) groups is 1. The van der Waals surface area contributed by atoms with Crippen molar-refractivity contribution in [1.82, 2.24) is 24.8 Å². The summed E-state index contributed by atoms with van der Waals surface area (Å²) in [6.07, 6.45) is 4.55. The van der Waals surface area contributed by atoms with E-state index in [1.54, 1.807) is 22.7 Å². The molecule has 0 radical (unpaired) electrons. The van der Waals surface area contributed by atoms with Crippen LogP contribution in [0.5, 0.6) is 0 Å². The maximum atomic E-state index is 13.1. The van der Waals surface area contributed by atoms with Gasteiger partial charge in [-0.15, -0.1) is 0 Å². The van der Waals surface area contributed by atoms with Crippen molar-refractivity contribution in [3.05, 3.63) is 48.2 Å². The topological polar surface area (TPSA) is 89.1 Å². The van der Waals surface area contributed by atoms with Gasteiger partial charge >= 0.3 is 6.03 Å². The minimum absolute atomic E-state index is 0.184. The molecule has 1 atom stereocenters. The van der Waals surface area contributed by atoms with Crippen LogP contribution in [0.1, 0.15) is 37.0 Å². The van der Waals surface area contributed by atoms with E-state index in [4.69, 9.17) is 4.52 Å². The van der Waals surface area contributed by atoms with E-state index in [2.05, 4.69) is 20.6 Å². The first-order valence-corrected chi connectivity index (χ1v) is 9.08. The molecular weight excluding hydrogens is 344 g/mol. The Kier molecular flexibility index (Phi) is 4.62. The van der Waals surface area contributed by atoms with E-state index < -0.39 is 0 Å². The van der Waals surface area contributed by atoms with Crippen LogP contribution in [0.2, 0.25) is 0 Å². The van der Waals surface area contributed by atoms with E-state index in [9.17, 15) is 4.79 Å². The molecule has 27 heavy (non-hydrogen) atoms. The van der Waals surface area contributed by atoms with Gasteiger partial charge in [0.05, 0.1) is 6.20 Å². The summed E-state index contributed by atoms with van der Waals surface area (Å²) in [4.78, 5) is 19.2. The van der Waals surface area contributed by atoms with Crippen LogP contribution in [0, 0.1) is 6.92 Å². The first-order chi connectivity index (χ1) is 13.1. The lowest BCUT2D eigenvalue weighted by Crippen LogP contribution is -2.41. The molecule has 1 aliphatic heterocycles. The molecule has 3 heterocycles. The van der Waals surface area contributed by atoms with Crippen LogP contribution in [0.15, 0.2) is 41.1 Å². The number of hydrogen-bond donors (Lipinski definition) is 1. The van der Waals surface area contributed by atoms with Gasteiger partial charge in [0.1, 0.15) is 11.9 Å². The van der Waals surface area contributed by atoms with Crippen LogP contribution < -0.4 is 5.32 Å². The second-order valence-electron chi connectivity index (χ2n) is 6.71. The lowest BCUT2D eigenvalue weighted by Gasteiger charge is -2.33. The third kappa shape index (κ3) is 3.42. The fraction of sp³-hybridized carbons (Fsp3) is 0.368. The average molecular weight is 366 g/mol. The molecule has 4 rings (SSSR count). The molecule has 1 aromatic carbocycles. The second kappa shape index (κ2) is 7.22. The number of hydrogen-bond acceptors (Lipinski definition) is 5. The second-order valence-corrected chi connectivity index (χ2v) is 6.71. The van der Waals surface area contributed by atoms with E-state index in [0.717, 1.165) is 30.4 Å². The molecular formula is C19H22N6O2. The molecule has 2 aromatic heterocycles. The largest absolute Gasteiger partial charge is 0.337 e. The Labute approximate surface area is 157 Å². The van der Waals surface area contributed by atoms with Crippen LogP contribution in [-0.2, 0) is 7.05 Å². The quantitative estimate of drug-likeness (QED) is 0.766. The zero-order chi connectivity index (χ0) is 18.8. The Balaban J connectivity index is 1.59. The summed E-state index contributed by atoms with van der Waals surface area (Å²) in [6, 6.07) is 9.50. The average Bonchev–Trinajstić information content (AvgIpc) is 3.29. The smallest absolute Gasteiger partial charge is 0.323 e. The number of nitrogens with zero attached hydrogens (tertiary/aromatic N) is 5. The molecule has 3 aromatic rings. The summed E-state index contributed by atoms with van der Waals surface area (Å²) in [5.74, 6) is 1.74. The van der Waals surface area contributed by atoms with Gasteiger partial charge in [-0.3, -0.25) is 10.00 Å². The Morgan fingerprint density at radius 2 is 2.07 bits per heavy atom. The molecule has 0 bridgehead atoms. The molecule has 0 unspecified atom stereocenters. The zero-order valence-electron chi connectivity index (χ0n) is 15.4. The van der Waals surface area contributed by atoms with Crippen molar-refractivity contribution >= 4 is 11.8 Å². The third-order valence-electron chi connectivity index (χ3n) is 4.84. The van der Waals surface area contributed by atoms with Gasteiger partial charge in [-0.2, -0.15) is 10.1 Å². The molecule has 1 saturated heterocycles. The molecule has 140 valence electrons. The molecule has 1 fully saturated rings. The molecule has 0 saturated carbocycles. The molecule has 2 amide bonds. The minimum Gasteiger partial charge on any atom is -0.337 e. The Bertz CT molecular complexity index is 933. The number of likely N-dealkylation sites (tertiary alicyclic amines) is 1. The number of anilines is 1. The predicted octanol–water partition coefficient (Wildman–Crippen LogP) is 3.54. The molecule has 1 N–H and O–H groups in total. The van der Waals surface area contributed by atoms with E-state index in [0.29, 0.717) is 24.1 Å². The summed E-state index contributed by atoms with van der Waals surface area (Å²) in [7, 11) is 1.82. The maximum Gasteiger partial charge on any atom is 0.323 e. The van der Waals surface area contributed by atoms with Crippen molar-refractivity contribution < 1.29 is 9.32 Å². The van der Waals surface area contributed by atoms with Gasteiger partial charge in [0.2, 0.25) is 5.89 Å². The minimum atomic E-state index is -0.201. The Hall–Kier alpha value is -3.16. The highest BCUT2D eigenvalue weighted by molar-refractivity contribution is 5.93. The van der Waals surface area contributed by atoms with Gasteiger partial charge < -0.3 is 9.42 Å². The van der Waals surface area contributed by atoms with Crippen molar-refractivity contribution in [3.8, 4) is 11.1 Å². The normalized spacial score (nSPS) is 17.1. The number of piperidine rings is 1. The van der Waals surface area contributed by atoms with Gasteiger partial charge in [-0.05, 0) is 31.7 Å². The Morgan fingerprint density at radius 3 is 2.81 bits per heavy atom. The summed E-state index contributed by atoms with van der Waals surface area (Å²) >= 11 is 0. The third-order valence-corrected chi connectivity index (χ3v) is 4.84. The zero-order valence-corrected chi connectivity index (χ0v) is 15.4. The van der Waals surface area contributed by atoms with E-state index in [1.165, 1.54) is 0 Å². The molecule has 0 aliphatic carbocycles. The molecule has 8 heteroatoms. The number of amides is 2. The summed E-state index contributed by atoms with van der Waals surface area (Å²) in [5.41, 5.74) is 1.89. The molecule has 0 spiro atoms. The van der Waals surface area contributed by atoms with E-state index in [1.807, 2.05) is 37.4 Å². The number of aryl methyl sites for hydroxylation is 2. The molecule has 8 nitrogen and oxygen atoms in total. The van der Waals surface area contributed by atoms with Crippen molar-refractivity contribution in [1.29, 1.82) is 0 Å². The first-order valence-electron chi connectivity index (χ1n) is 9.08. The van der Waals surface area contributed by atoms with Gasteiger partial charge in [0.25, 0.3) is 0 Å². The van der Waals surface area contributed by atoms with Gasteiger partial charge in [0.15, 0.2) is 5.82 Å². The highest BCUT2D eigenvalue weighted by Gasteiger charge is 2.32. The first kappa shape index (κ1) is 17.3. The monoisotopic (exact) mass is 366 g/mol. The SMILES string of the molecule is Cc1noc([C@H]2CCCCN2C(=O)Nc2c(-c3ccccc3)cnn2C)n1. The van der Waals surface area contributed by atoms with Crippen molar-refractivity contribution in [2.75, 3.05) is 11.9 Å². The number of benzene rings is 1. The number of nitrogens with one attached hydrogen (secondary N) is 1. The van der Waals surface area contributed by atoms with E-state index in [-0.39, 0.29) is 12.1 Å². The van der Waals surface area contributed by atoms with Crippen LogP contribution >= 0.6 is 0 Å². The van der Waals surface area contributed by atoms with Crippen LogP contribution in [0.3, 0.4) is 0 Å². The Morgan fingerprint density at radius 1 is 1.26 bits per heavy atom. The number of aromatic nitrogens is 4. The van der Waals surface area contributed by atoms with Gasteiger partial charge in [0, 0.05) is 19.2 Å². The summed E-state index contributed by atoms with van der Waals surface area (Å²) in [5, 5.41) is 11.2. The number of rotatable bonds is 3. The summed E-state index contributed by atoms with van der Waals surface area (Å²) in [6.45, 7) is 2.43. The van der Waals surface area contributed by atoms with E-state index >= 15 is 0 Å². The van der Waals surface area contributed by atoms with Gasteiger partial charge in [-0.25, -0.2) is 4.79 Å².